The smallest absolute Gasteiger partial charge is 0.258 e. The number of carbonyl (C=O) groups is 1. The first kappa shape index (κ1) is 20.3. The topological polar surface area (TPSA) is 101 Å². The molecule has 0 saturated heterocycles. The zero-order chi connectivity index (χ0) is 21.1. The van der Waals surface area contributed by atoms with E-state index in [-0.39, 0.29) is 16.3 Å². The first-order valence-electron chi connectivity index (χ1n) is 9.92. The fourth-order valence-electron chi connectivity index (χ4n) is 3.00. The molecular formula is C22H23N3O4S. The Balaban J connectivity index is 1.45. The van der Waals surface area contributed by atoms with Crippen molar-refractivity contribution in [3.05, 3.63) is 65.7 Å². The van der Waals surface area contributed by atoms with Crippen molar-refractivity contribution in [3.63, 3.8) is 0 Å². The summed E-state index contributed by atoms with van der Waals surface area (Å²) in [5.74, 6) is 0.137. The molecule has 1 heterocycles. The average molecular weight is 426 g/mol. The molecule has 0 radical (unpaired) electrons. The molecule has 0 unspecified atom stereocenters. The van der Waals surface area contributed by atoms with Gasteiger partial charge in [-0.3, -0.25) is 10.1 Å². The molecule has 1 saturated carbocycles. The maximum absolute atomic E-state index is 12.6. The van der Waals surface area contributed by atoms with Crippen molar-refractivity contribution in [3.8, 4) is 11.3 Å². The van der Waals surface area contributed by atoms with Crippen LogP contribution < -0.4 is 10.0 Å². The van der Waals surface area contributed by atoms with Gasteiger partial charge in [0.05, 0.1) is 4.90 Å². The highest BCUT2D eigenvalue weighted by atomic mass is 32.2. The Morgan fingerprint density at radius 2 is 1.90 bits per heavy atom. The molecule has 1 aliphatic rings. The van der Waals surface area contributed by atoms with Gasteiger partial charge < -0.3 is 4.52 Å². The normalized spacial score (nSPS) is 13.9. The highest BCUT2D eigenvalue weighted by molar-refractivity contribution is 7.89. The second-order valence-corrected chi connectivity index (χ2v) is 9.17. The lowest BCUT2D eigenvalue weighted by Crippen LogP contribution is -2.26. The average Bonchev–Trinajstić information content (AvgIpc) is 3.49. The van der Waals surface area contributed by atoms with E-state index in [1.165, 1.54) is 17.7 Å². The van der Waals surface area contributed by atoms with Crippen LogP contribution in [0.2, 0.25) is 0 Å². The van der Waals surface area contributed by atoms with Gasteiger partial charge in [0.1, 0.15) is 5.69 Å². The van der Waals surface area contributed by atoms with Gasteiger partial charge in [0.2, 0.25) is 15.9 Å². The molecule has 0 spiro atoms. The number of anilines is 1. The van der Waals surface area contributed by atoms with Crippen LogP contribution in [0.4, 0.5) is 5.88 Å². The van der Waals surface area contributed by atoms with Crippen molar-refractivity contribution in [2.45, 2.75) is 31.1 Å². The number of aromatic nitrogens is 1. The molecular weight excluding hydrogens is 402 g/mol. The molecule has 1 amide bonds. The number of hydrogen-bond acceptors (Lipinski definition) is 5. The Morgan fingerprint density at radius 1 is 1.13 bits per heavy atom. The van der Waals surface area contributed by atoms with Crippen LogP contribution in [-0.4, -0.2) is 26.0 Å². The van der Waals surface area contributed by atoms with Crippen LogP contribution in [0.3, 0.4) is 0 Å². The van der Waals surface area contributed by atoms with Crippen LogP contribution in [-0.2, 0) is 16.4 Å². The number of rotatable bonds is 8. The van der Waals surface area contributed by atoms with E-state index in [0.29, 0.717) is 18.2 Å². The summed E-state index contributed by atoms with van der Waals surface area (Å²) in [5.41, 5.74) is 2.92. The second kappa shape index (κ2) is 8.41. The summed E-state index contributed by atoms with van der Waals surface area (Å²) in [6.45, 7) is 2.51. The van der Waals surface area contributed by atoms with E-state index in [0.717, 1.165) is 24.8 Å². The number of benzene rings is 2. The number of amides is 1. The Bertz CT molecular complexity index is 1150. The van der Waals surface area contributed by atoms with E-state index in [2.05, 4.69) is 22.1 Å². The van der Waals surface area contributed by atoms with Gasteiger partial charge in [-0.2, -0.15) is 0 Å². The van der Waals surface area contributed by atoms with Crippen LogP contribution in [0.15, 0.2) is 64.0 Å². The third kappa shape index (κ3) is 4.77. The van der Waals surface area contributed by atoms with Crippen LogP contribution in [0, 0.1) is 5.92 Å². The second-order valence-electron chi connectivity index (χ2n) is 7.40. The van der Waals surface area contributed by atoms with Crippen molar-refractivity contribution in [1.82, 2.24) is 9.88 Å². The fraction of sp³-hybridized carbons (Fsp3) is 0.273. The molecule has 2 N–H and O–H groups in total. The van der Waals surface area contributed by atoms with Crippen molar-refractivity contribution in [1.29, 1.82) is 0 Å². The Hall–Kier alpha value is -2.97. The summed E-state index contributed by atoms with van der Waals surface area (Å²) in [5, 5.41) is 6.62. The van der Waals surface area contributed by atoms with Gasteiger partial charge in [-0.15, -0.1) is 0 Å². The Kier molecular flexibility index (Phi) is 5.69. The van der Waals surface area contributed by atoms with E-state index in [1.807, 2.05) is 24.3 Å². The monoisotopic (exact) mass is 425 g/mol. The Morgan fingerprint density at radius 3 is 2.60 bits per heavy atom. The minimum Gasteiger partial charge on any atom is -0.338 e. The van der Waals surface area contributed by atoms with Gasteiger partial charge in [-0.25, -0.2) is 13.1 Å². The largest absolute Gasteiger partial charge is 0.338 e. The van der Waals surface area contributed by atoms with Gasteiger partial charge in [0.15, 0.2) is 0 Å². The zero-order valence-electron chi connectivity index (χ0n) is 16.6. The van der Waals surface area contributed by atoms with Crippen LogP contribution in [0.1, 0.15) is 35.7 Å². The highest BCUT2D eigenvalue weighted by Crippen LogP contribution is 2.28. The van der Waals surface area contributed by atoms with Gasteiger partial charge in [0.25, 0.3) is 5.91 Å². The standard InChI is InChI=1S/C22H23N3O4S/c1-2-15-8-10-17(11-9-15)20-13-21(29-25-20)24-22(26)18-4-3-5-19(12-18)30(27,28)23-14-16-6-7-16/h3-5,8-13,16,23H,2,6-7,14H2,1H3,(H,24,26). The van der Waals surface area contributed by atoms with Gasteiger partial charge in [-0.05, 0) is 48.9 Å². The molecule has 1 aliphatic carbocycles. The van der Waals surface area contributed by atoms with Crippen LogP contribution in [0.5, 0.6) is 0 Å². The first-order chi connectivity index (χ1) is 14.4. The van der Waals surface area contributed by atoms with Crippen molar-refractivity contribution in [2.75, 3.05) is 11.9 Å². The summed E-state index contributed by atoms with van der Waals surface area (Å²) in [4.78, 5) is 12.6. The summed E-state index contributed by atoms with van der Waals surface area (Å²) >= 11 is 0. The summed E-state index contributed by atoms with van der Waals surface area (Å²) in [6, 6.07) is 15.5. The minimum absolute atomic E-state index is 0.0603. The van der Waals surface area contributed by atoms with E-state index >= 15 is 0 Å². The van der Waals surface area contributed by atoms with Gasteiger partial charge >= 0.3 is 0 Å². The van der Waals surface area contributed by atoms with Crippen LogP contribution >= 0.6 is 0 Å². The number of aryl methyl sites for hydroxylation is 1. The molecule has 3 aromatic rings. The third-order valence-corrected chi connectivity index (χ3v) is 6.49. The van der Waals surface area contributed by atoms with E-state index < -0.39 is 15.9 Å². The summed E-state index contributed by atoms with van der Waals surface area (Å²) in [6.07, 6.45) is 3.05. The maximum atomic E-state index is 12.6. The lowest BCUT2D eigenvalue weighted by Gasteiger charge is -2.07. The molecule has 7 nitrogen and oxygen atoms in total. The van der Waals surface area contributed by atoms with Crippen molar-refractivity contribution in [2.24, 2.45) is 5.92 Å². The molecule has 30 heavy (non-hydrogen) atoms. The van der Waals surface area contributed by atoms with E-state index in [9.17, 15) is 13.2 Å². The highest BCUT2D eigenvalue weighted by Gasteiger charge is 2.24. The number of sulfonamides is 1. The maximum Gasteiger partial charge on any atom is 0.258 e. The molecule has 156 valence electrons. The first-order valence-corrected chi connectivity index (χ1v) is 11.4. The SMILES string of the molecule is CCc1ccc(-c2cc(NC(=O)c3cccc(S(=O)(=O)NCC4CC4)c3)on2)cc1. The number of hydrogen-bond donors (Lipinski definition) is 2. The number of nitrogens with zero attached hydrogens (tertiary/aromatic N) is 1. The lowest BCUT2D eigenvalue weighted by molar-refractivity contribution is 0.102. The lowest BCUT2D eigenvalue weighted by atomic mass is 10.1. The number of carbonyl (C=O) groups excluding carboxylic acids is 1. The van der Waals surface area contributed by atoms with Crippen molar-refractivity contribution < 1.29 is 17.7 Å². The predicted molar refractivity (Wildman–Crippen MR) is 114 cm³/mol. The molecule has 8 heteroatoms. The fourth-order valence-corrected chi connectivity index (χ4v) is 4.16. The Labute approximate surface area is 175 Å². The van der Waals surface area contributed by atoms with Crippen molar-refractivity contribution >= 4 is 21.8 Å². The van der Waals surface area contributed by atoms with Gasteiger partial charge in [-0.1, -0.05) is 42.4 Å². The zero-order valence-corrected chi connectivity index (χ0v) is 17.4. The van der Waals surface area contributed by atoms with Gasteiger partial charge in [0, 0.05) is 23.7 Å². The summed E-state index contributed by atoms with van der Waals surface area (Å²) in [7, 11) is -3.65. The minimum atomic E-state index is -3.65. The van der Waals surface area contributed by atoms with Crippen LogP contribution in [0.25, 0.3) is 11.3 Å². The molecule has 1 fully saturated rings. The molecule has 1 aromatic heterocycles. The quantitative estimate of drug-likeness (QED) is 0.571. The molecule has 0 bridgehead atoms. The molecule has 2 aromatic carbocycles. The predicted octanol–water partition coefficient (Wildman–Crippen LogP) is 3.84. The third-order valence-electron chi connectivity index (χ3n) is 5.07. The molecule has 4 rings (SSSR count). The number of nitrogens with one attached hydrogen (secondary N) is 2. The van der Waals surface area contributed by atoms with E-state index in [1.54, 1.807) is 18.2 Å². The van der Waals surface area contributed by atoms with E-state index in [4.69, 9.17) is 4.52 Å². The molecule has 0 aliphatic heterocycles. The summed E-state index contributed by atoms with van der Waals surface area (Å²) < 4.78 is 32.7. The molecule has 0 atom stereocenters.